The van der Waals surface area contributed by atoms with Crippen molar-refractivity contribution < 1.29 is 9.90 Å². The Morgan fingerprint density at radius 3 is 2.38 bits per heavy atom. The van der Waals surface area contributed by atoms with Gasteiger partial charge in [-0.3, -0.25) is 4.79 Å². The molecule has 1 aliphatic rings. The van der Waals surface area contributed by atoms with Gasteiger partial charge in [0.25, 0.3) is 5.91 Å². The summed E-state index contributed by atoms with van der Waals surface area (Å²) in [6.45, 7) is 4.13. The van der Waals surface area contributed by atoms with Crippen LogP contribution in [0.2, 0.25) is 0 Å². The number of carbonyl (C=O) groups is 1. The number of nitrogens with zero attached hydrogens (tertiary/aromatic N) is 1. The van der Waals surface area contributed by atoms with Crippen LogP contribution in [0.15, 0.2) is 59.7 Å². The number of hydrogen-bond donors (Lipinski definition) is 2. The topological polar surface area (TPSA) is 61.7 Å². The summed E-state index contributed by atoms with van der Waals surface area (Å²) in [5.41, 5.74) is 7.58. The molecule has 1 aliphatic carbocycles. The Morgan fingerprint density at radius 1 is 0.966 bits per heavy atom. The van der Waals surface area contributed by atoms with Gasteiger partial charge in [0.05, 0.1) is 11.3 Å². The molecule has 4 nitrogen and oxygen atoms in total. The predicted molar refractivity (Wildman–Crippen MR) is 118 cm³/mol. The summed E-state index contributed by atoms with van der Waals surface area (Å²) in [5.74, 6) is -0.303. The van der Waals surface area contributed by atoms with Gasteiger partial charge in [0.15, 0.2) is 0 Å². The normalized spacial score (nSPS) is 14.1. The first kappa shape index (κ1) is 19.2. The number of nitrogens with one attached hydrogen (secondary N) is 1. The van der Waals surface area contributed by atoms with Crippen LogP contribution in [0.4, 0.5) is 0 Å². The molecule has 3 aromatic carbocycles. The molecule has 2 N–H and O–H groups in total. The van der Waals surface area contributed by atoms with E-state index in [1.54, 1.807) is 12.1 Å². The van der Waals surface area contributed by atoms with E-state index in [2.05, 4.69) is 42.6 Å². The minimum atomic E-state index is -0.413. The van der Waals surface area contributed by atoms with Gasteiger partial charge in [-0.15, -0.1) is 0 Å². The smallest absolute Gasteiger partial charge is 0.275 e. The molecule has 0 aliphatic heterocycles. The van der Waals surface area contributed by atoms with Crippen LogP contribution in [0.3, 0.4) is 0 Å². The first-order valence-electron chi connectivity index (χ1n) is 10.2. The first-order valence-corrected chi connectivity index (χ1v) is 10.2. The maximum absolute atomic E-state index is 12.7. The lowest BCUT2D eigenvalue weighted by Crippen LogP contribution is -2.22. The van der Waals surface area contributed by atoms with Gasteiger partial charge < -0.3 is 5.11 Å². The zero-order valence-electron chi connectivity index (χ0n) is 16.9. The van der Waals surface area contributed by atoms with Crippen LogP contribution in [-0.2, 0) is 12.8 Å². The molecule has 0 bridgehead atoms. The van der Waals surface area contributed by atoms with Gasteiger partial charge in [-0.2, -0.15) is 5.10 Å². The number of carbonyl (C=O) groups excluding carboxylic acids is 1. The molecule has 0 atom stereocenters. The predicted octanol–water partition coefficient (Wildman–Crippen LogP) is 5.21. The molecule has 0 fully saturated rings. The lowest BCUT2D eigenvalue weighted by Gasteiger charge is -2.18. The standard InChI is InChI=1S/C25H26N2O2/c1-16(2)24(21-12-11-17-7-3-4-8-18(17)13-21)26-27-25(29)22-14-19-9-5-6-10-20(19)15-23(22)28/h5-6,9-16,28H,3-4,7-8H2,1-2H3,(H,27,29)/b26-24+. The largest absolute Gasteiger partial charge is 0.507 e. The van der Waals surface area contributed by atoms with Crippen molar-refractivity contribution in [1.29, 1.82) is 0 Å². The van der Waals surface area contributed by atoms with Crippen LogP contribution in [0.25, 0.3) is 10.8 Å². The van der Waals surface area contributed by atoms with Crippen molar-refractivity contribution in [3.05, 3.63) is 76.9 Å². The molecule has 0 aromatic heterocycles. The summed E-state index contributed by atoms with van der Waals surface area (Å²) in [6.07, 6.45) is 4.72. The molecule has 29 heavy (non-hydrogen) atoms. The van der Waals surface area contributed by atoms with Crippen molar-refractivity contribution in [3.63, 3.8) is 0 Å². The zero-order valence-corrected chi connectivity index (χ0v) is 16.9. The molecule has 148 valence electrons. The SMILES string of the molecule is CC(C)/C(=N\NC(=O)c1cc2ccccc2cc1O)c1ccc2c(c1)CCCC2. The van der Waals surface area contributed by atoms with Gasteiger partial charge in [-0.1, -0.05) is 50.2 Å². The molecule has 0 saturated carbocycles. The van der Waals surface area contributed by atoms with E-state index in [1.165, 1.54) is 24.0 Å². The number of aromatic hydroxyl groups is 1. The summed E-state index contributed by atoms with van der Waals surface area (Å²) in [7, 11) is 0. The molecule has 0 radical (unpaired) electrons. The first-order chi connectivity index (χ1) is 14.0. The summed E-state index contributed by atoms with van der Waals surface area (Å²) in [5, 5.41) is 16.5. The fourth-order valence-corrected chi connectivity index (χ4v) is 4.00. The van der Waals surface area contributed by atoms with Crippen LogP contribution in [0, 0.1) is 5.92 Å². The number of rotatable bonds is 4. The summed E-state index contributed by atoms with van der Waals surface area (Å²) in [6, 6.07) is 17.5. The van der Waals surface area contributed by atoms with Crippen LogP contribution in [0.1, 0.15) is 53.7 Å². The van der Waals surface area contributed by atoms with E-state index in [4.69, 9.17) is 0 Å². The summed E-state index contributed by atoms with van der Waals surface area (Å²) < 4.78 is 0. The zero-order chi connectivity index (χ0) is 20.4. The number of phenols is 1. The molecule has 0 saturated heterocycles. The second-order valence-electron chi connectivity index (χ2n) is 8.00. The van der Waals surface area contributed by atoms with Crippen molar-refractivity contribution in [1.82, 2.24) is 5.43 Å². The van der Waals surface area contributed by atoms with Crippen molar-refractivity contribution >= 4 is 22.4 Å². The second-order valence-corrected chi connectivity index (χ2v) is 8.00. The van der Waals surface area contributed by atoms with E-state index in [-0.39, 0.29) is 17.2 Å². The van der Waals surface area contributed by atoms with Crippen molar-refractivity contribution in [2.24, 2.45) is 11.0 Å². The Kier molecular flexibility index (Phi) is 5.34. The van der Waals surface area contributed by atoms with E-state index in [1.807, 2.05) is 24.3 Å². The highest BCUT2D eigenvalue weighted by atomic mass is 16.3. The van der Waals surface area contributed by atoms with E-state index in [0.717, 1.165) is 34.9 Å². The van der Waals surface area contributed by atoms with E-state index < -0.39 is 5.91 Å². The molecule has 4 heteroatoms. The van der Waals surface area contributed by atoms with Crippen molar-refractivity contribution in [3.8, 4) is 5.75 Å². The van der Waals surface area contributed by atoms with Gasteiger partial charge in [0, 0.05) is 0 Å². The molecule has 1 amide bonds. The Bertz CT molecular complexity index is 1100. The van der Waals surface area contributed by atoms with Gasteiger partial charge in [0.1, 0.15) is 5.75 Å². The van der Waals surface area contributed by atoms with Crippen LogP contribution in [-0.4, -0.2) is 16.7 Å². The molecular formula is C25H26N2O2. The quantitative estimate of drug-likeness (QED) is 0.477. The monoisotopic (exact) mass is 386 g/mol. The van der Waals surface area contributed by atoms with Crippen LogP contribution >= 0.6 is 0 Å². The highest BCUT2D eigenvalue weighted by Gasteiger charge is 2.16. The molecule has 0 spiro atoms. The minimum Gasteiger partial charge on any atom is -0.507 e. The average Bonchev–Trinajstić information content (AvgIpc) is 2.73. The van der Waals surface area contributed by atoms with Crippen molar-refractivity contribution in [2.45, 2.75) is 39.5 Å². The number of phenolic OH excluding ortho intramolecular Hbond substituents is 1. The Labute approximate surface area is 171 Å². The Balaban J connectivity index is 1.62. The number of hydrogen-bond acceptors (Lipinski definition) is 3. The van der Waals surface area contributed by atoms with Gasteiger partial charge in [-0.05, 0) is 77.3 Å². The Hall–Kier alpha value is -3.14. The van der Waals surface area contributed by atoms with Gasteiger partial charge in [0.2, 0.25) is 0 Å². The maximum Gasteiger partial charge on any atom is 0.275 e. The summed E-state index contributed by atoms with van der Waals surface area (Å²) >= 11 is 0. The third kappa shape index (κ3) is 4.02. The fraction of sp³-hybridized carbons (Fsp3) is 0.280. The lowest BCUT2D eigenvalue weighted by molar-refractivity contribution is 0.0952. The fourth-order valence-electron chi connectivity index (χ4n) is 4.00. The van der Waals surface area contributed by atoms with Crippen LogP contribution in [0.5, 0.6) is 5.75 Å². The van der Waals surface area contributed by atoms with E-state index in [0.29, 0.717) is 0 Å². The second kappa shape index (κ2) is 8.08. The number of hydrazone groups is 1. The number of fused-ring (bicyclic) bond motifs is 2. The van der Waals surface area contributed by atoms with Gasteiger partial charge >= 0.3 is 0 Å². The highest BCUT2D eigenvalue weighted by molar-refractivity contribution is 6.05. The highest BCUT2D eigenvalue weighted by Crippen LogP contribution is 2.26. The third-order valence-electron chi connectivity index (χ3n) is 5.58. The Morgan fingerprint density at radius 2 is 1.66 bits per heavy atom. The molecule has 3 aromatic rings. The summed E-state index contributed by atoms with van der Waals surface area (Å²) in [4.78, 5) is 12.7. The lowest BCUT2D eigenvalue weighted by atomic mass is 9.88. The molecular weight excluding hydrogens is 360 g/mol. The molecule has 0 unspecified atom stereocenters. The van der Waals surface area contributed by atoms with Gasteiger partial charge in [-0.25, -0.2) is 5.43 Å². The van der Waals surface area contributed by atoms with E-state index >= 15 is 0 Å². The van der Waals surface area contributed by atoms with Crippen molar-refractivity contribution in [2.75, 3.05) is 0 Å². The minimum absolute atomic E-state index is 0.0451. The van der Waals surface area contributed by atoms with Crippen LogP contribution < -0.4 is 5.43 Å². The third-order valence-corrected chi connectivity index (χ3v) is 5.58. The average molecular weight is 386 g/mol. The number of benzene rings is 3. The molecule has 0 heterocycles. The number of aryl methyl sites for hydroxylation is 2. The maximum atomic E-state index is 12.7. The molecule has 4 rings (SSSR count). The van der Waals surface area contributed by atoms with E-state index in [9.17, 15) is 9.90 Å². The number of amides is 1.